The number of hydrogen-bond donors (Lipinski definition) is 0. The van der Waals surface area contributed by atoms with Crippen molar-refractivity contribution >= 4 is 27.3 Å². The Morgan fingerprint density at radius 3 is 2.95 bits per heavy atom. The van der Waals surface area contributed by atoms with Crippen LogP contribution in [0.4, 0.5) is 5.69 Å². The number of pyridine rings is 1. The number of nitro groups is 1. The highest BCUT2D eigenvalue weighted by atomic mass is 79.9. The molecule has 0 aliphatic rings. The molecule has 6 nitrogen and oxygen atoms in total. The Morgan fingerprint density at radius 1 is 1.33 bits per heavy atom. The van der Waals surface area contributed by atoms with Crippen molar-refractivity contribution in [3.05, 3.63) is 69.1 Å². The highest BCUT2D eigenvalue weighted by Crippen LogP contribution is 2.29. The fourth-order valence-corrected chi connectivity index (χ4v) is 2.29. The third kappa shape index (κ3) is 2.87. The van der Waals surface area contributed by atoms with Crippen LogP contribution in [-0.4, -0.2) is 14.3 Å². The number of fused-ring (bicyclic) bond motifs is 1. The van der Waals surface area contributed by atoms with Gasteiger partial charge in [-0.05, 0) is 34.1 Å². The molecule has 1 aromatic carbocycles. The summed E-state index contributed by atoms with van der Waals surface area (Å²) in [6, 6.07) is 10.1. The molecule has 0 N–H and O–H groups in total. The molecule has 0 atom stereocenters. The average Bonchev–Trinajstić information content (AvgIpc) is 2.89. The van der Waals surface area contributed by atoms with Crippen molar-refractivity contribution in [3.8, 4) is 5.75 Å². The number of hydrogen-bond acceptors (Lipinski definition) is 4. The van der Waals surface area contributed by atoms with Crippen LogP contribution in [0.25, 0.3) is 5.65 Å². The van der Waals surface area contributed by atoms with Crippen molar-refractivity contribution in [2.24, 2.45) is 0 Å². The van der Waals surface area contributed by atoms with E-state index in [1.54, 1.807) is 6.07 Å². The number of imidazole rings is 1. The van der Waals surface area contributed by atoms with Crippen LogP contribution in [0.5, 0.6) is 5.75 Å². The number of nitrogens with zero attached hydrogens (tertiary/aromatic N) is 3. The van der Waals surface area contributed by atoms with Crippen LogP contribution in [-0.2, 0) is 6.61 Å². The Kier molecular flexibility index (Phi) is 3.57. The summed E-state index contributed by atoms with van der Waals surface area (Å²) in [5, 5.41) is 10.8. The van der Waals surface area contributed by atoms with E-state index in [1.807, 2.05) is 35.0 Å². The number of non-ortho nitro benzene ring substituents is 1. The molecular formula is C14H10BrN3O3. The Bertz CT molecular complexity index is 783. The van der Waals surface area contributed by atoms with Crippen molar-refractivity contribution in [1.82, 2.24) is 9.38 Å². The van der Waals surface area contributed by atoms with E-state index in [4.69, 9.17) is 4.74 Å². The van der Waals surface area contributed by atoms with Gasteiger partial charge in [-0.15, -0.1) is 0 Å². The van der Waals surface area contributed by atoms with E-state index >= 15 is 0 Å². The molecule has 21 heavy (non-hydrogen) atoms. The molecule has 106 valence electrons. The lowest BCUT2D eigenvalue weighted by molar-refractivity contribution is -0.385. The molecule has 0 saturated carbocycles. The van der Waals surface area contributed by atoms with Gasteiger partial charge in [-0.3, -0.25) is 10.1 Å². The molecule has 0 unspecified atom stereocenters. The minimum atomic E-state index is -0.454. The predicted molar refractivity (Wildman–Crippen MR) is 80.3 cm³/mol. The summed E-state index contributed by atoms with van der Waals surface area (Å²) in [5.74, 6) is 0.418. The van der Waals surface area contributed by atoms with Gasteiger partial charge in [0.15, 0.2) is 0 Å². The maximum Gasteiger partial charge on any atom is 0.273 e. The Labute approximate surface area is 128 Å². The van der Waals surface area contributed by atoms with E-state index in [0.29, 0.717) is 10.2 Å². The first-order valence-corrected chi connectivity index (χ1v) is 6.92. The lowest BCUT2D eigenvalue weighted by Gasteiger charge is -2.06. The predicted octanol–water partition coefficient (Wildman–Crippen LogP) is 3.58. The second kappa shape index (κ2) is 5.53. The van der Waals surface area contributed by atoms with Gasteiger partial charge in [0.1, 0.15) is 18.0 Å². The number of ether oxygens (including phenoxy) is 1. The summed E-state index contributed by atoms with van der Waals surface area (Å²) in [7, 11) is 0. The van der Waals surface area contributed by atoms with Crippen molar-refractivity contribution in [3.63, 3.8) is 0 Å². The highest BCUT2D eigenvalue weighted by Gasteiger charge is 2.11. The summed E-state index contributed by atoms with van der Waals surface area (Å²) in [4.78, 5) is 14.7. The van der Waals surface area contributed by atoms with Crippen LogP contribution in [0.1, 0.15) is 5.69 Å². The van der Waals surface area contributed by atoms with E-state index in [9.17, 15) is 10.1 Å². The Balaban J connectivity index is 1.80. The standard InChI is InChI=1S/C14H10BrN3O3/c15-12-5-4-11(18(19)20)7-13(12)21-9-10-8-17-6-2-1-3-14(17)16-10/h1-8H,9H2. The van der Waals surface area contributed by atoms with Gasteiger partial charge in [0, 0.05) is 18.5 Å². The van der Waals surface area contributed by atoms with Crippen LogP contribution in [0, 0.1) is 10.1 Å². The minimum absolute atomic E-state index is 0.0109. The maximum absolute atomic E-state index is 10.8. The second-order valence-corrected chi connectivity index (χ2v) is 5.21. The average molecular weight is 348 g/mol. The second-order valence-electron chi connectivity index (χ2n) is 4.36. The number of rotatable bonds is 4. The van der Waals surface area contributed by atoms with Crippen molar-refractivity contribution in [2.45, 2.75) is 6.61 Å². The molecule has 3 aromatic rings. The summed E-state index contributed by atoms with van der Waals surface area (Å²) in [6.07, 6.45) is 3.76. The van der Waals surface area contributed by atoms with E-state index in [2.05, 4.69) is 20.9 Å². The molecule has 0 bridgehead atoms. The maximum atomic E-state index is 10.8. The van der Waals surface area contributed by atoms with Crippen LogP contribution in [0.15, 0.2) is 53.3 Å². The lowest BCUT2D eigenvalue weighted by atomic mass is 10.3. The molecule has 2 aromatic heterocycles. The fraction of sp³-hybridized carbons (Fsp3) is 0.0714. The van der Waals surface area contributed by atoms with Crippen molar-refractivity contribution < 1.29 is 9.66 Å². The number of halogens is 1. The van der Waals surface area contributed by atoms with E-state index in [0.717, 1.165) is 11.3 Å². The minimum Gasteiger partial charge on any atom is -0.486 e. The highest BCUT2D eigenvalue weighted by molar-refractivity contribution is 9.10. The zero-order valence-electron chi connectivity index (χ0n) is 10.8. The van der Waals surface area contributed by atoms with Gasteiger partial charge in [0.2, 0.25) is 0 Å². The summed E-state index contributed by atoms with van der Waals surface area (Å²) in [6.45, 7) is 0.238. The Morgan fingerprint density at radius 2 is 2.19 bits per heavy atom. The van der Waals surface area contributed by atoms with Crippen LogP contribution >= 0.6 is 15.9 Å². The topological polar surface area (TPSA) is 69.7 Å². The molecule has 0 fully saturated rings. The van der Waals surface area contributed by atoms with Gasteiger partial charge < -0.3 is 9.14 Å². The quantitative estimate of drug-likeness (QED) is 0.534. The zero-order chi connectivity index (χ0) is 14.8. The largest absolute Gasteiger partial charge is 0.486 e. The molecule has 0 radical (unpaired) electrons. The SMILES string of the molecule is O=[N+]([O-])c1ccc(Br)c(OCc2cn3ccccc3n2)c1. The summed E-state index contributed by atoms with van der Waals surface area (Å²) in [5.41, 5.74) is 1.57. The van der Waals surface area contributed by atoms with Gasteiger partial charge in [0.05, 0.1) is 21.2 Å². The first-order chi connectivity index (χ1) is 10.1. The molecular weight excluding hydrogens is 338 g/mol. The first-order valence-electron chi connectivity index (χ1n) is 6.13. The van der Waals surface area contributed by atoms with Gasteiger partial charge in [-0.1, -0.05) is 6.07 Å². The molecule has 0 aliphatic heterocycles. The zero-order valence-corrected chi connectivity index (χ0v) is 12.4. The molecule has 2 heterocycles. The van der Waals surface area contributed by atoms with Crippen molar-refractivity contribution in [1.29, 1.82) is 0 Å². The smallest absolute Gasteiger partial charge is 0.273 e. The van der Waals surface area contributed by atoms with Gasteiger partial charge in [-0.25, -0.2) is 4.98 Å². The van der Waals surface area contributed by atoms with E-state index < -0.39 is 4.92 Å². The molecule has 7 heteroatoms. The third-order valence-corrected chi connectivity index (χ3v) is 3.57. The number of benzene rings is 1. The van der Waals surface area contributed by atoms with Gasteiger partial charge in [0.25, 0.3) is 5.69 Å². The van der Waals surface area contributed by atoms with Crippen molar-refractivity contribution in [2.75, 3.05) is 0 Å². The summed E-state index contributed by atoms with van der Waals surface area (Å²) >= 11 is 3.31. The number of nitro benzene ring substituents is 1. The molecule has 0 saturated heterocycles. The molecule has 0 amide bonds. The van der Waals surface area contributed by atoms with E-state index in [1.165, 1.54) is 12.1 Å². The summed E-state index contributed by atoms with van der Waals surface area (Å²) < 4.78 is 8.17. The molecule has 0 spiro atoms. The first kappa shape index (κ1) is 13.6. The number of aromatic nitrogens is 2. The monoisotopic (exact) mass is 347 g/mol. The molecule has 0 aliphatic carbocycles. The van der Waals surface area contributed by atoms with Crippen LogP contribution < -0.4 is 4.74 Å². The van der Waals surface area contributed by atoms with E-state index in [-0.39, 0.29) is 12.3 Å². The third-order valence-electron chi connectivity index (χ3n) is 2.92. The normalized spacial score (nSPS) is 10.7. The molecule has 3 rings (SSSR count). The Hall–Kier alpha value is -2.41. The van der Waals surface area contributed by atoms with Gasteiger partial charge >= 0.3 is 0 Å². The van der Waals surface area contributed by atoms with Crippen LogP contribution in [0.2, 0.25) is 0 Å². The lowest BCUT2D eigenvalue weighted by Crippen LogP contribution is -1.97. The van der Waals surface area contributed by atoms with Crippen LogP contribution in [0.3, 0.4) is 0 Å². The fourth-order valence-electron chi connectivity index (χ4n) is 1.92. The van der Waals surface area contributed by atoms with Gasteiger partial charge in [-0.2, -0.15) is 0 Å².